The first-order valence-electron chi connectivity index (χ1n) is 7.67. The number of carboxylic acid groups (broad SMARTS) is 1. The predicted octanol–water partition coefficient (Wildman–Crippen LogP) is 2.46. The molecule has 0 fully saturated rings. The van der Waals surface area contributed by atoms with Crippen molar-refractivity contribution in [3.05, 3.63) is 65.9 Å². The summed E-state index contributed by atoms with van der Waals surface area (Å²) in [5.41, 5.74) is 1.33. The summed E-state index contributed by atoms with van der Waals surface area (Å²) in [6, 6.07) is 12.5. The number of aromatic nitrogens is 1. The van der Waals surface area contributed by atoms with Gasteiger partial charge in [0.1, 0.15) is 4.90 Å². The zero-order valence-electron chi connectivity index (χ0n) is 13.7. The lowest BCUT2D eigenvalue weighted by molar-refractivity contribution is -0.146. The molecule has 1 atom stereocenters. The van der Waals surface area contributed by atoms with Gasteiger partial charge in [-0.25, -0.2) is 13.2 Å². The number of pyridine rings is 1. The number of benzene rings is 2. The highest BCUT2D eigenvalue weighted by Crippen LogP contribution is 2.26. The van der Waals surface area contributed by atoms with Gasteiger partial charge >= 0.3 is 5.97 Å². The van der Waals surface area contributed by atoms with Crippen molar-refractivity contribution in [3.63, 3.8) is 0 Å². The minimum absolute atomic E-state index is 0.0253. The van der Waals surface area contributed by atoms with E-state index in [2.05, 4.69) is 9.71 Å². The number of aliphatic hydroxyl groups excluding tert-OH is 1. The van der Waals surface area contributed by atoms with E-state index in [-0.39, 0.29) is 16.1 Å². The van der Waals surface area contributed by atoms with Crippen molar-refractivity contribution in [1.82, 2.24) is 4.98 Å². The normalized spacial score (nSPS) is 12.7. The van der Waals surface area contributed by atoms with E-state index in [1.807, 2.05) is 6.07 Å². The van der Waals surface area contributed by atoms with Crippen molar-refractivity contribution < 1.29 is 23.4 Å². The van der Waals surface area contributed by atoms with Crippen LogP contribution in [0.25, 0.3) is 10.9 Å². The Balaban J connectivity index is 2.03. The number of fused-ring (bicyclic) bond motifs is 1. The van der Waals surface area contributed by atoms with Crippen LogP contribution in [0.1, 0.15) is 17.2 Å². The van der Waals surface area contributed by atoms with Gasteiger partial charge in [-0.05, 0) is 48.4 Å². The molecule has 0 aliphatic carbocycles. The number of sulfonamides is 1. The summed E-state index contributed by atoms with van der Waals surface area (Å²) >= 11 is 0. The van der Waals surface area contributed by atoms with Crippen LogP contribution in [0, 0.1) is 6.92 Å². The Morgan fingerprint density at radius 2 is 1.92 bits per heavy atom. The molecule has 0 aliphatic rings. The quantitative estimate of drug-likeness (QED) is 0.633. The van der Waals surface area contributed by atoms with Crippen LogP contribution < -0.4 is 4.72 Å². The largest absolute Gasteiger partial charge is 0.479 e. The molecule has 0 saturated heterocycles. The summed E-state index contributed by atoms with van der Waals surface area (Å²) in [6.07, 6.45) is -0.221. The second-order valence-corrected chi connectivity index (χ2v) is 7.46. The number of carboxylic acids is 1. The Labute approximate surface area is 150 Å². The monoisotopic (exact) mass is 372 g/mol. The molecule has 2 aromatic carbocycles. The number of aryl methyl sites for hydroxylation is 1. The van der Waals surface area contributed by atoms with Gasteiger partial charge in [0.05, 0.1) is 5.52 Å². The standard InChI is InChI=1S/C18H16N2O5S/c1-11-8-12-5-3-7-19-16(12)15(9-11)26(24,25)20-14-6-2-4-13(10-14)17(21)18(22)23/h2-10,17,20-21H,1H3,(H,22,23). The van der Waals surface area contributed by atoms with Gasteiger partial charge in [-0.1, -0.05) is 18.2 Å². The SMILES string of the molecule is Cc1cc(S(=O)(=O)Nc2cccc(C(O)C(=O)O)c2)c2ncccc2c1. The van der Waals surface area contributed by atoms with Crippen LogP contribution >= 0.6 is 0 Å². The number of rotatable bonds is 5. The summed E-state index contributed by atoms with van der Waals surface area (Å²) < 4.78 is 28.1. The molecule has 0 bridgehead atoms. The topological polar surface area (TPSA) is 117 Å². The van der Waals surface area contributed by atoms with Crippen molar-refractivity contribution in [2.75, 3.05) is 4.72 Å². The zero-order valence-corrected chi connectivity index (χ0v) is 14.6. The number of carbonyl (C=O) groups is 1. The summed E-state index contributed by atoms with van der Waals surface area (Å²) in [4.78, 5) is 15.1. The van der Waals surface area contributed by atoms with Gasteiger partial charge in [-0.3, -0.25) is 9.71 Å². The third-order valence-electron chi connectivity index (χ3n) is 3.79. The minimum atomic E-state index is -3.97. The fourth-order valence-electron chi connectivity index (χ4n) is 2.63. The van der Waals surface area contributed by atoms with E-state index >= 15 is 0 Å². The van der Waals surface area contributed by atoms with Crippen LogP contribution in [-0.4, -0.2) is 29.6 Å². The smallest absolute Gasteiger partial charge is 0.337 e. The number of hydrogen-bond acceptors (Lipinski definition) is 5. The minimum Gasteiger partial charge on any atom is -0.479 e. The Morgan fingerprint density at radius 1 is 1.15 bits per heavy atom. The maximum Gasteiger partial charge on any atom is 0.337 e. The Morgan fingerprint density at radius 3 is 2.65 bits per heavy atom. The number of aliphatic hydroxyl groups is 1. The van der Waals surface area contributed by atoms with Gasteiger partial charge in [0.25, 0.3) is 10.0 Å². The zero-order chi connectivity index (χ0) is 18.9. The van der Waals surface area contributed by atoms with Gasteiger partial charge < -0.3 is 10.2 Å². The third kappa shape index (κ3) is 3.51. The highest BCUT2D eigenvalue weighted by molar-refractivity contribution is 7.93. The molecule has 0 amide bonds. The molecule has 0 radical (unpaired) electrons. The Hall–Kier alpha value is -2.97. The Kier molecular flexibility index (Phi) is 4.62. The third-order valence-corrected chi connectivity index (χ3v) is 5.19. The maximum absolute atomic E-state index is 12.9. The Bertz CT molecular complexity index is 1100. The second-order valence-electron chi connectivity index (χ2n) is 5.81. The average molecular weight is 372 g/mol. The van der Waals surface area contributed by atoms with E-state index in [9.17, 15) is 18.3 Å². The van der Waals surface area contributed by atoms with Gasteiger partial charge in [0, 0.05) is 17.3 Å². The lowest BCUT2D eigenvalue weighted by Crippen LogP contribution is -2.15. The first kappa shape index (κ1) is 17.8. The molecule has 0 aliphatic heterocycles. The summed E-state index contributed by atoms with van der Waals surface area (Å²) in [6.45, 7) is 1.79. The van der Waals surface area contributed by atoms with E-state index in [0.717, 1.165) is 5.56 Å². The summed E-state index contributed by atoms with van der Waals surface area (Å²) in [7, 11) is -3.97. The lowest BCUT2D eigenvalue weighted by atomic mass is 10.1. The molecule has 1 aromatic heterocycles. The van der Waals surface area contributed by atoms with E-state index < -0.39 is 22.1 Å². The van der Waals surface area contributed by atoms with E-state index in [1.165, 1.54) is 36.5 Å². The molecular weight excluding hydrogens is 356 g/mol. The molecule has 134 valence electrons. The molecule has 3 aromatic rings. The lowest BCUT2D eigenvalue weighted by Gasteiger charge is -2.13. The van der Waals surface area contributed by atoms with Crippen LogP contribution in [0.3, 0.4) is 0 Å². The molecule has 1 unspecified atom stereocenters. The molecule has 7 nitrogen and oxygen atoms in total. The van der Waals surface area contributed by atoms with Crippen molar-refractivity contribution >= 4 is 32.6 Å². The number of nitrogens with zero attached hydrogens (tertiary/aromatic N) is 1. The second kappa shape index (κ2) is 6.74. The molecule has 0 saturated carbocycles. The number of anilines is 1. The van der Waals surface area contributed by atoms with E-state index in [4.69, 9.17) is 5.11 Å². The van der Waals surface area contributed by atoms with Crippen LogP contribution in [0.4, 0.5) is 5.69 Å². The number of nitrogens with one attached hydrogen (secondary N) is 1. The number of hydrogen-bond donors (Lipinski definition) is 3. The first-order chi connectivity index (χ1) is 12.3. The average Bonchev–Trinajstić information content (AvgIpc) is 2.60. The van der Waals surface area contributed by atoms with Crippen molar-refractivity contribution in [2.24, 2.45) is 0 Å². The molecule has 3 rings (SSSR count). The molecule has 8 heteroatoms. The van der Waals surface area contributed by atoms with Crippen LogP contribution in [0.2, 0.25) is 0 Å². The van der Waals surface area contributed by atoms with Crippen LogP contribution in [-0.2, 0) is 14.8 Å². The molecule has 1 heterocycles. The molecular formula is C18H16N2O5S. The fourth-order valence-corrected chi connectivity index (χ4v) is 3.95. The molecule has 26 heavy (non-hydrogen) atoms. The van der Waals surface area contributed by atoms with Gasteiger partial charge in [-0.15, -0.1) is 0 Å². The van der Waals surface area contributed by atoms with Crippen LogP contribution in [0.15, 0.2) is 59.6 Å². The van der Waals surface area contributed by atoms with Crippen LogP contribution in [0.5, 0.6) is 0 Å². The van der Waals surface area contributed by atoms with Gasteiger partial charge in [0.15, 0.2) is 6.10 Å². The highest BCUT2D eigenvalue weighted by atomic mass is 32.2. The number of aliphatic carboxylic acids is 1. The predicted molar refractivity (Wildman–Crippen MR) is 96.3 cm³/mol. The van der Waals surface area contributed by atoms with E-state index in [0.29, 0.717) is 10.9 Å². The molecule has 0 spiro atoms. The maximum atomic E-state index is 12.9. The van der Waals surface area contributed by atoms with Crippen molar-refractivity contribution in [3.8, 4) is 0 Å². The first-order valence-corrected chi connectivity index (χ1v) is 9.15. The summed E-state index contributed by atoms with van der Waals surface area (Å²) in [5.74, 6) is -1.42. The van der Waals surface area contributed by atoms with Gasteiger partial charge in [-0.2, -0.15) is 0 Å². The van der Waals surface area contributed by atoms with Crippen molar-refractivity contribution in [1.29, 1.82) is 0 Å². The van der Waals surface area contributed by atoms with Crippen molar-refractivity contribution in [2.45, 2.75) is 17.9 Å². The summed E-state index contributed by atoms with van der Waals surface area (Å²) in [5, 5.41) is 19.2. The van der Waals surface area contributed by atoms with Gasteiger partial charge in [0.2, 0.25) is 0 Å². The highest BCUT2D eigenvalue weighted by Gasteiger charge is 2.21. The molecule has 3 N–H and O–H groups in total. The fraction of sp³-hybridized carbons (Fsp3) is 0.111. The van der Waals surface area contributed by atoms with E-state index in [1.54, 1.807) is 19.1 Å².